The van der Waals surface area contributed by atoms with E-state index in [0.717, 1.165) is 23.8 Å². The fourth-order valence-corrected chi connectivity index (χ4v) is 2.96. The number of nitrogens with zero attached hydrogens (tertiary/aromatic N) is 2. The number of nitrogens with two attached hydrogens (primary N) is 1. The minimum atomic E-state index is -0.0146. The zero-order valence-corrected chi connectivity index (χ0v) is 10.9. The summed E-state index contributed by atoms with van der Waals surface area (Å²) in [6, 6.07) is 0. The Labute approximate surface area is 107 Å². The molecule has 0 aliphatic carbocycles. The smallest absolute Gasteiger partial charge is 0.230 e. The predicted octanol–water partition coefficient (Wildman–Crippen LogP) is 0.508. The molecule has 0 aromatic carbocycles. The third-order valence-corrected chi connectivity index (χ3v) is 4.19. The zero-order chi connectivity index (χ0) is 12.1. The van der Waals surface area contributed by atoms with Gasteiger partial charge in [0.2, 0.25) is 11.0 Å². The second kappa shape index (κ2) is 6.18. The van der Waals surface area contributed by atoms with Gasteiger partial charge in [-0.05, 0) is 12.8 Å². The first-order chi connectivity index (χ1) is 8.24. The standard InChI is InChI=1S/C9H14N4O2S2/c10-8-12-13-9(17-8)16-5-7(14)11-4-6-2-1-3-15-6/h6H,1-5H2,(H2,10,12)(H,11,14). The first-order valence-electron chi connectivity index (χ1n) is 5.34. The molecule has 0 spiro atoms. The molecule has 1 unspecified atom stereocenters. The number of nitrogens with one attached hydrogen (secondary N) is 1. The molecule has 1 atom stereocenters. The summed E-state index contributed by atoms with van der Waals surface area (Å²) in [5.41, 5.74) is 5.44. The van der Waals surface area contributed by atoms with E-state index in [1.807, 2.05) is 0 Å². The van der Waals surface area contributed by atoms with Crippen molar-refractivity contribution in [2.75, 3.05) is 24.6 Å². The molecule has 0 saturated carbocycles. The maximum absolute atomic E-state index is 11.5. The normalized spacial score (nSPS) is 19.4. The average Bonchev–Trinajstić information content (AvgIpc) is 2.95. The maximum Gasteiger partial charge on any atom is 0.230 e. The molecule has 0 bridgehead atoms. The summed E-state index contributed by atoms with van der Waals surface area (Å²) in [5.74, 6) is 0.320. The van der Waals surface area contributed by atoms with Crippen molar-refractivity contribution in [3.05, 3.63) is 0 Å². The van der Waals surface area contributed by atoms with Crippen LogP contribution in [0.1, 0.15) is 12.8 Å². The van der Waals surface area contributed by atoms with Crippen molar-refractivity contribution in [2.24, 2.45) is 0 Å². The molecule has 1 fully saturated rings. The summed E-state index contributed by atoms with van der Waals surface area (Å²) in [6.07, 6.45) is 2.29. The summed E-state index contributed by atoms with van der Waals surface area (Å²) in [6.45, 7) is 1.40. The number of nitrogen functional groups attached to an aromatic ring is 1. The van der Waals surface area contributed by atoms with Gasteiger partial charge in [-0.3, -0.25) is 4.79 Å². The lowest BCUT2D eigenvalue weighted by atomic mass is 10.2. The van der Waals surface area contributed by atoms with Crippen LogP contribution in [0.5, 0.6) is 0 Å². The van der Waals surface area contributed by atoms with Crippen LogP contribution in [0.25, 0.3) is 0 Å². The number of carbonyl (C=O) groups excluding carboxylic acids is 1. The minimum absolute atomic E-state index is 0.0146. The molecule has 17 heavy (non-hydrogen) atoms. The van der Waals surface area contributed by atoms with Crippen LogP contribution in [0.3, 0.4) is 0 Å². The first kappa shape index (κ1) is 12.6. The van der Waals surface area contributed by atoms with Crippen LogP contribution in [0.15, 0.2) is 4.34 Å². The highest BCUT2D eigenvalue weighted by atomic mass is 32.2. The van der Waals surface area contributed by atoms with Crippen LogP contribution in [0.2, 0.25) is 0 Å². The van der Waals surface area contributed by atoms with Gasteiger partial charge in [-0.1, -0.05) is 23.1 Å². The van der Waals surface area contributed by atoms with Gasteiger partial charge in [-0.25, -0.2) is 0 Å². The molecule has 2 rings (SSSR count). The first-order valence-corrected chi connectivity index (χ1v) is 7.14. The molecule has 1 amide bonds. The molecular formula is C9H14N4O2S2. The van der Waals surface area contributed by atoms with Gasteiger partial charge in [0.25, 0.3) is 0 Å². The number of carbonyl (C=O) groups is 1. The number of hydrogen-bond donors (Lipinski definition) is 2. The Bertz CT molecular complexity index is 379. The molecule has 8 heteroatoms. The van der Waals surface area contributed by atoms with E-state index in [9.17, 15) is 4.79 Å². The molecule has 6 nitrogen and oxygen atoms in total. The molecule has 1 aliphatic heterocycles. The van der Waals surface area contributed by atoms with E-state index in [1.165, 1.54) is 23.1 Å². The van der Waals surface area contributed by atoms with E-state index >= 15 is 0 Å². The molecule has 1 aliphatic rings. The van der Waals surface area contributed by atoms with Crippen LogP contribution in [0, 0.1) is 0 Å². The van der Waals surface area contributed by atoms with Gasteiger partial charge in [0.05, 0.1) is 11.9 Å². The van der Waals surface area contributed by atoms with Crippen LogP contribution in [-0.4, -0.2) is 41.1 Å². The molecule has 94 valence electrons. The molecular weight excluding hydrogens is 260 g/mol. The van der Waals surface area contributed by atoms with Gasteiger partial charge in [0, 0.05) is 13.2 Å². The summed E-state index contributed by atoms with van der Waals surface area (Å²) in [7, 11) is 0. The van der Waals surface area contributed by atoms with Gasteiger partial charge >= 0.3 is 0 Å². The van der Waals surface area contributed by atoms with Crippen molar-refractivity contribution in [1.82, 2.24) is 15.5 Å². The van der Waals surface area contributed by atoms with E-state index in [1.54, 1.807) is 0 Å². The lowest BCUT2D eigenvalue weighted by Crippen LogP contribution is -2.32. The summed E-state index contributed by atoms with van der Waals surface area (Å²) in [4.78, 5) is 11.5. The number of rotatable bonds is 5. The zero-order valence-electron chi connectivity index (χ0n) is 9.22. The van der Waals surface area contributed by atoms with Crippen LogP contribution in [-0.2, 0) is 9.53 Å². The second-order valence-electron chi connectivity index (χ2n) is 3.63. The predicted molar refractivity (Wildman–Crippen MR) is 67.0 cm³/mol. The summed E-state index contributed by atoms with van der Waals surface area (Å²) < 4.78 is 6.13. The number of hydrogen-bond acceptors (Lipinski definition) is 7. The quantitative estimate of drug-likeness (QED) is 0.760. The Kier molecular flexibility index (Phi) is 4.57. The Morgan fingerprint density at radius 2 is 2.53 bits per heavy atom. The lowest BCUT2D eigenvalue weighted by molar-refractivity contribution is -0.119. The van der Waals surface area contributed by atoms with Crippen molar-refractivity contribution < 1.29 is 9.53 Å². The molecule has 1 saturated heterocycles. The van der Waals surface area contributed by atoms with Gasteiger partial charge in [-0.15, -0.1) is 10.2 Å². The third kappa shape index (κ3) is 4.14. The van der Waals surface area contributed by atoms with E-state index < -0.39 is 0 Å². The van der Waals surface area contributed by atoms with Crippen LogP contribution in [0.4, 0.5) is 5.13 Å². The van der Waals surface area contributed by atoms with Crippen LogP contribution < -0.4 is 11.1 Å². The third-order valence-electron chi connectivity index (χ3n) is 2.30. The monoisotopic (exact) mass is 274 g/mol. The lowest BCUT2D eigenvalue weighted by Gasteiger charge is -2.09. The van der Waals surface area contributed by atoms with E-state index in [-0.39, 0.29) is 12.0 Å². The largest absolute Gasteiger partial charge is 0.376 e. The molecule has 2 heterocycles. The van der Waals surface area contributed by atoms with Crippen molar-refractivity contribution in [1.29, 1.82) is 0 Å². The van der Waals surface area contributed by atoms with Crippen molar-refractivity contribution in [2.45, 2.75) is 23.3 Å². The highest BCUT2D eigenvalue weighted by Gasteiger charge is 2.16. The van der Waals surface area contributed by atoms with Crippen LogP contribution >= 0.6 is 23.1 Å². The van der Waals surface area contributed by atoms with Crippen molar-refractivity contribution >= 4 is 34.1 Å². The SMILES string of the molecule is Nc1nnc(SCC(=O)NCC2CCCO2)s1. The second-order valence-corrected chi connectivity index (χ2v) is 5.87. The Hall–Kier alpha value is -0.860. The van der Waals surface area contributed by atoms with Gasteiger partial charge in [0.1, 0.15) is 0 Å². The van der Waals surface area contributed by atoms with E-state index in [0.29, 0.717) is 17.4 Å². The fourth-order valence-electron chi connectivity index (χ4n) is 1.49. The highest BCUT2D eigenvalue weighted by Crippen LogP contribution is 2.22. The molecule has 0 radical (unpaired) electrons. The number of amides is 1. The Morgan fingerprint density at radius 3 is 3.18 bits per heavy atom. The number of anilines is 1. The fraction of sp³-hybridized carbons (Fsp3) is 0.667. The minimum Gasteiger partial charge on any atom is -0.376 e. The maximum atomic E-state index is 11.5. The van der Waals surface area contributed by atoms with E-state index in [2.05, 4.69) is 15.5 Å². The number of ether oxygens (including phenoxy) is 1. The summed E-state index contributed by atoms with van der Waals surface area (Å²) >= 11 is 2.63. The van der Waals surface area contributed by atoms with E-state index in [4.69, 9.17) is 10.5 Å². The molecule has 3 N–H and O–H groups in total. The summed E-state index contributed by atoms with van der Waals surface area (Å²) in [5, 5.41) is 10.8. The van der Waals surface area contributed by atoms with Gasteiger partial charge in [-0.2, -0.15) is 0 Å². The van der Waals surface area contributed by atoms with Crippen molar-refractivity contribution in [3.63, 3.8) is 0 Å². The van der Waals surface area contributed by atoms with Crippen molar-refractivity contribution in [3.8, 4) is 0 Å². The average molecular weight is 274 g/mol. The topological polar surface area (TPSA) is 90.1 Å². The van der Waals surface area contributed by atoms with Gasteiger partial charge < -0.3 is 15.8 Å². The molecule has 1 aromatic heterocycles. The van der Waals surface area contributed by atoms with Gasteiger partial charge in [0.15, 0.2) is 4.34 Å². The number of thioether (sulfide) groups is 1. The Balaban J connectivity index is 1.63. The highest BCUT2D eigenvalue weighted by molar-refractivity contribution is 8.01. The Morgan fingerprint density at radius 1 is 1.65 bits per heavy atom. The molecule has 1 aromatic rings. The number of aromatic nitrogens is 2.